The maximum absolute atomic E-state index is 6.60. The molecule has 0 aromatic heterocycles. The van der Waals surface area contributed by atoms with Gasteiger partial charge in [-0.2, -0.15) is 0 Å². The molecule has 1 fully saturated rings. The molecule has 1 rings (SSSR count). The van der Waals surface area contributed by atoms with Gasteiger partial charge in [0.15, 0.2) is 0 Å². The number of rotatable bonds is 5. The Balaban J connectivity index is 2.84. The third-order valence-electron chi connectivity index (χ3n) is 4.91. The van der Waals surface area contributed by atoms with Gasteiger partial charge in [0.25, 0.3) is 0 Å². The second-order valence-electron chi connectivity index (χ2n) is 6.13. The molecule has 5 unspecified atom stereocenters. The fourth-order valence-electron chi connectivity index (χ4n) is 3.37. The van der Waals surface area contributed by atoms with E-state index in [4.69, 9.17) is 5.73 Å². The zero-order chi connectivity index (χ0) is 13.7. The van der Waals surface area contributed by atoms with Gasteiger partial charge in [0, 0.05) is 6.04 Å². The first kappa shape index (κ1) is 15.5. The number of hydrogen-bond donors (Lipinski definition) is 1. The zero-order valence-corrected chi connectivity index (χ0v) is 12.7. The molecule has 1 aliphatic carbocycles. The molecule has 0 amide bonds. The van der Waals surface area contributed by atoms with Gasteiger partial charge >= 0.3 is 0 Å². The van der Waals surface area contributed by atoms with Crippen LogP contribution in [0.2, 0.25) is 0 Å². The van der Waals surface area contributed by atoms with Crippen molar-refractivity contribution in [1.82, 2.24) is 0 Å². The van der Waals surface area contributed by atoms with Gasteiger partial charge in [0.2, 0.25) is 0 Å². The lowest BCUT2D eigenvalue weighted by Gasteiger charge is -2.38. The summed E-state index contributed by atoms with van der Waals surface area (Å²) in [4.78, 5) is 0. The molecular formula is C17H31N. The van der Waals surface area contributed by atoms with Gasteiger partial charge in [0.05, 0.1) is 0 Å². The average molecular weight is 249 g/mol. The summed E-state index contributed by atoms with van der Waals surface area (Å²) in [5.41, 5.74) is 8.18. The molecule has 1 aliphatic rings. The minimum atomic E-state index is 0.242. The topological polar surface area (TPSA) is 26.0 Å². The molecule has 0 aromatic carbocycles. The van der Waals surface area contributed by atoms with E-state index in [0.29, 0.717) is 17.8 Å². The van der Waals surface area contributed by atoms with Crippen molar-refractivity contribution >= 4 is 0 Å². The van der Waals surface area contributed by atoms with Crippen LogP contribution in [-0.4, -0.2) is 6.04 Å². The molecule has 0 bridgehead atoms. The Labute approximate surface area is 114 Å². The molecular weight excluding hydrogens is 218 g/mol. The fraction of sp³-hybridized carbons (Fsp3) is 0.765. The molecule has 0 radical (unpaired) electrons. The van der Waals surface area contributed by atoms with E-state index in [1.807, 2.05) is 0 Å². The summed E-state index contributed by atoms with van der Waals surface area (Å²) in [7, 11) is 0. The molecule has 18 heavy (non-hydrogen) atoms. The Morgan fingerprint density at radius 1 is 1.50 bits per heavy atom. The highest BCUT2D eigenvalue weighted by Gasteiger charge is 2.32. The number of hydrogen-bond acceptors (Lipinski definition) is 1. The van der Waals surface area contributed by atoms with Crippen LogP contribution in [-0.2, 0) is 0 Å². The van der Waals surface area contributed by atoms with E-state index >= 15 is 0 Å². The van der Waals surface area contributed by atoms with Crippen LogP contribution < -0.4 is 5.73 Å². The highest BCUT2D eigenvalue weighted by atomic mass is 14.7. The molecule has 0 heterocycles. The normalized spacial score (nSPS) is 31.9. The molecule has 1 heteroatoms. The van der Waals surface area contributed by atoms with Crippen molar-refractivity contribution in [2.45, 2.75) is 59.4 Å². The Kier molecular flexibility index (Phi) is 6.14. The first-order chi connectivity index (χ1) is 8.54. The molecule has 1 saturated carbocycles. The van der Waals surface area contributed by atoms with Crippen molar-refractivity contribution in [3.63, 3.8) is 0 Å². The summed E-state index contributed by atoms with van der Waals surface area (Å²) < 4.78 is 0. The molecule has 1 nitrogen and oxygen atoms in total. The summed E-state index contributed by atoms with van der Waals surface area (Å²) in [5.74, 6) is 2.45. The van der Waals surface area contributed by atoms with Crippen molar-refractivity contribution in [3.8, 4) is 0 Å². The molecule has 2 N–H and O–H groups in total. The SMILES string of the molecule is C=CC(C(C)CC)C(N)C1CC(C)CC/C1=C\C. The summed E-state index contributed by atoms with van der Waals surface area (Å²) in [6.07, 6.45) is 9.38. The highest BCUT2D eigenvalue weighted by Crippen LogP contribution is 2.38. The lowest BCUT2D eigenvalue weighted by atomic mass is 9.70. The van der Waals surface area contributed by atoms with Crippen LogP contribution in [0.5, 0.6) is 0 Å². The van der Waals surface area contributed by atoms with E-state index in [0.717, 1.165) is 5.92 Å². The Bertz CT molecular complexity index is 292. The summed E-state index contributed by atoms with van der Waals surface area (Å²) in [5, 5.41) is 0. The quantitative estimate of drug-likeness (QED) is 0.711. The monoisotopic (exact) mass is 249 g/mol. The minimum Gasteiger partial charge on any atom is -0.327 e. The van der Waals surface area contributed by atoms with Crippen molar-refractivity contribution < 1.29 is 0 Å². The standard InChI is InChI=1S/C17H31N/c1-6-13(5)15(8-3)17(18)16-11-12(4)9-10-14(16)7-2/h7-8,12-13,15-17H,3,6,9-11,18H2,1-2,4-5H3/b14-7+. The number of allylic oxidation sites excluding steroid dienone is 1. The average Bonchev–Trinajstić information content (AvgIpc) is 2.39. The lowest BCUT2D eigenvalue weighted by molar-refractivity contribution is 0.242. The molecule has 5 atom stereocenters. The first-order valence-corrected chi connectivity index (χ1v) is 7.58. The Morgan fingerprint density at radius 2 is 2.17 bits per heavy atom. The van der Waals surface area contributed by atoms with Crippen LogP contribution in [0.25, 0.3) is 0 Å². The van der Waals surface area contributed by atoms with E-state index < -0.39 is 0 Å². The van der Waals surface area contributed by atoms with Gasteiger partial charge < -0.3 is 5.73 Å². The van der Waals surface area contributed by atoms with Gasteiger partial charge in [0.1, 0.15) is 0 Å². The van der Waals surface area contributed by atoms with E-state index in [9.17, 15) is 0 Å². The van der Waals surface area contributed by atoms with Crippen LogP contribution in [0.3, 0.4) is 0 Å². The van der Waals surface area contributed by atoms with Gasteiger partial charge in [-0.15, -0.1) is 6.58 Å². The van der Waals surface area contributed by atoms with Crippen molar-refractivity contribution in [2.24, 2.45) is 29.4 Å². The third-order valence-corrected chi connectivity index (χ3v) is 4.91. The van der Waals surface area contributed by atoms with E-state index in [1.54, 1.807) is 5.57 Å². The third kappa shape index (κ3) is 3.47. The van der Waals surface area contributed by atoms with E-state index in [2.05, 4.69) is 46.4 Å². The summed E-state index contributed by atoms with van der Waals surface area (Å²) in [6.45, 7) is 13.1. The van der Waals surface area contributed by atoms with Crippen LogP contribution >= 0.6 is 0 Å². The largest absolute Gasteiger partial charge is 0.327 e. The molecule has 0 saturated heterocycles. The number of nitrogens with two attached hydrogens (primary N) is 1. The molecule has 0 spiro atoms. The first-order valence-electron chi connectivity index (χ1n) is 7.58. The smallest absolute Gasteiger partial charge is 0.0170 e. The molecule has 0 aliphatic heterocycles. The van der Waals surface area contributed by atoms with Crippen molar-refractivity contribution in [1.29, 1.82) is 0 Å². The maximum Gasteiger partial charge on any atom is 0.0170 e. The van der Waals surface area contributed by atoms with Gasteiger partial charge in [-0.25, -0.2) is 0 Å². The van der Waals surface area contributed by atoms with Gasteiger partial charge in [-0.1, -0.05) is 44.9 Å². The van der Waals surface area contributed by atoms with Crippen LogP contribution in [0.4, 0.5) is 0 Å². The molecule has 0 aromatic rings. The van der Waals surface area contributed by atoms with Crippen LogP contribution in [0, 0.1) is 23.7 Å². The zero-order valence-electron chi connectivity index (χ0n) is 12.7. The highest BCUT2D eigenvalue weighted by molar-refractivity contribution is 5.14. The fourth-order valence-corrected chi connectivity index (χ4v) is 3.37. The summed E-state index contributed by atoms with van der Waals surface area (Å²) >= 11 is 0. The van der Waals surface area contributed by atoms with E-state index in [1.165, 1.54) is 25.7 Å². The molecule has 104 valence electrons. The van der Waals surface area contributed by atoms with Crippen LogP contribution in [0.1, 0.15) is 53.4 Å². The maximum atomic E-state index is 6.60. The van der Waals surface area contributed by atoms with E-state index in [-0.39, 0.29) is 6.04 Å². The van der Waals surface area contributed by atoms with Crippen molar-refractivity contribution in [2.75, 3.05) is 0 Å². The van der Waals surface area contributed by atoms with Crippen molar-refractivity contribution in [3.05, 3.63) is 24.3 Å². The Morgan fingerprint density at radius 3 is 2.67 bits per heavy atom. The predicted molar refractivity (Wildman–Crippen MR) is 81.4 cm³/mol. The lowest BCUT2D eigenvalue weighted by Crippen LogP contribution is -2.42. The van der Waals surface area contributed by atoms with Gasteiger partial charge in [-0.05, 0) is 49.9 Å². The summed E-state index contributed by atoms with van der Waals surface area (Å²) in [6, 6.07) is 0.242. The van der Waals surface area contributed by atoms with Crippen LogP contribution in [0.15, 0.2) is 24.3 Å². The second-order valence-corrected chi connectivity index (χ2v) is 6.13. The van der Waals surface area contributed by atoms with Gasteiger partial charge in [-0.3, -0.25) is 0 Å². The minimum absolute atomic E-state index is 0.242. The Hall–Kier alpha value is -0.560. The predicted octanol–water partition coefficient (Wildman–Crippen LogP) is 4.54. The second kappa shape index (κ2) is 7.13.